The fraction of sp³-hybridized carbons (Fsp3) is 0.545. The first kappa shape index (κ1) is 11.2. The Morgan fingerprint density at radius 1 is 1.75 bits per heavy atom. The van der Waals surface area contributed by atoms with E-state index < -0.39 is 5.97 Å². The van der Waals surface area contributed by atoms with E-state index in [1.54, 1.807) is 19.4 Å². The molecule has 1 aliphatic heterocycles. The molecular weight excluding hydrogens is 210 g/mol. The fourth-order valence-corrected chi connectivity index (χ4v) is 1.99. The van der Waals surface area contributed by atoms with Crippen LogP contribution in [0.2, 0.25) is 0 Å². The lowest BCUT2D eigenvalue weighted by atomic mass is 10.1. The third-order valence-corrected chi connectivity index (χ3v) is 2.76. The number of aromatic nitrogens is 1. The highest BCUT2D eigenvalue weighted by Crippen LogP contribution is 2.25. The van der Waals surface area contributed by atoms with E-state index in [4.69, 9.17) is 14.6 Å². The van der Waals surface area contributed by atoms with Crippen molar-refractivity contribution in [3.63, 3.8) is 0 Å². The van der Waals surface area contributed by atoms with E-state index in [0.717, 1.165) is 5.69 Å². The fourth-order valence-electron chi connectivity index (χ4n) is 1.99. The SMILES string of the molecule is COCC1(C)Cn2cc(C(=O)O)cc2CO1. The van der Waals surface area contributed by atoms with Crippen LogP contribution in [0.5, 0.6) is 0 Å². The highest BCUT2D eigenvalue weighted by atomic mass is 16.5. The number of methoxy groups -OCH3 is 1. The van der Waals surface area contributed by atoms with Gasteiger partial charge in [-0.3, -0.25) is 0 Å². The number of rotatable bonds is 3. The summed E-state index contributed by atoms with van der Waals surface area (Å²) in [5.41, 5.74) is 0.822. The Morgan fingerprint density at radius 2 is 2.50 bits per heavy atom. The summed E-state index contributed by atoms with van der Waals surface area (Å²) in [6.45, 7) is 3.49. The molecule has 0 aromatic carbocycles. The van der Waals surface area contributed by atoms with Crippen LogP contribution in [0, 0.1) is 0 Å². The van der Waals surface area contributed by atoms with E-state index in [0.29, 0.717) is 25.3 Å². The maximum absolute atomic E-state index is 10.8. The van der Waals surface area contributed by atoms with Gasteiger partial charge in [-0.2, -0.15) is 0 Å². The Balaban J connectivity index is 2.23. The summed E-state index contributed by atoms with van der Waals surface area (Å²) in [6, 6.07) is 1.65. The Morgan fingerprint density at radius 3 is 3.12 bits per heavy atom. The molecule has 1 atom stereocenters. The van der Waals surface area contributed by atoms with Gasteiger partial charge in [0, 0.05) is 19.0 Å². The zero-order valence-electron chi connectivity index (χ0n) is 9.40. The number of nitrogens with zero attached hydrogens (tertiary/aromatic N) is 1. The first-order valence-corrected chi connectivity index (χ1v) is 5.09. The van der Waals surface area contributed by atoms with Crippen molar-refractivity contribution < 1.29 is 19.4 Å². The molecule has 0 fully saturated rings. The second-order valence-corrected chi connectivity index (χ2v) is 4.32. The highest BCUT2D eigenvalue weighted by Gasteiger charge is 2.31. The van der Waals surface area contributed by atoms with Crippen LogP contribution in [0.1, 0.15) is 23.0 Å². The number of carboxylic acid groups (broad SMARTS) is 1. The predicted molar refractivity (Wildman–Crippen MR) is 56.5 cm³/mol. The molecule has 0 radical (unpaired) electrons. The van der Waals surface area contributed by atoms with Crippen LogP contribution >= 0.6 is 0 Å². The van der Waals surface area contributed by atoms with Crippen LogP contribution in [0.3, 0.4) is 0 Å². The summed E-state index contributed by atoms with van der Waals surface area (Å²) in [7, 11) is 1.63. The van der Waals surface area contributed by atoms with Gasteiger partial charge >= 0.3 is 5.97 Å². The zero-order valence-corrected chi connectivity index (χ0v) is 9.40. The molecule has 1 aromatic rings. The standard InChI is InChI=1S/C11H15NO4/c1-11(7-15-2)6-12-4-8(10(13)14)3-9(12)5-16-11/h3-4H,5-7H2,1-2H3,(H,13,14). The van der Waals surface area contributed by atoms with Crippen molar-refractivity contribution >= 4 is 5.97 Å². The van der Waals surface area contributed by atoms with E-state index >= 15 is 0 Å². The van der Waals surface area contributed by atoms with Gasteiger partial charge in [-0.15, -0.1) is 0 Å². The van der Waals surface area contributed by atoms with Crippen molar-refractivity contribution in [3.8, 4) is 0 Å². The minimum Gasteiger partial charge on any atom is -0.478 e. The number of fused-ring (bicyclic) bond motifs is 1. The predicted octanol–water partition coefficient (Wildman–Crippen LogP) is 1.12. The monoisotopic (exact) mass is 225 g/mol. The van der Waals surface area contributed by atoms with Gasteiger partial charge in [-0.1, -0.05) is 0 Å². The third-order valence-electron chi connectivity index (χ3n) is 2.76. The van der Waals surface area contributed by atoms with Crippen LogP contribution in [-0.4, -0.2) is 35.0 Å². The van der Waals surface area contributed by atoms with Gasteiger partial charge < -0.3 is 19.1 Å². The van der Waals surface area contributed by atoms with Crippen LogP contribution in [0.4, 0.5) is 0 Å². The molecule has 0 saturated heterocycles. The molecular formula is C11H15NO4. The second kappa shape index (κ2) is 3.92. The van der Waals surface area contributed by atoms with Gasteiger partial charge in [-0.05, 0) is 13.0 Å². The van der Waals surface area contributed by atoms with Crippen LogP contribution < -0.4 is 0 Å². The van der Waals surface area contributed by atoms with Crippen LogP contribution in [0.25, 0.3) is 0 Å². The first-order valence-electron chi connectivity index (χ1n) is 5.09. The average molecular weight is 225 g/mol. The molecule has 1 aromatic heterocycles. The van der Waals surface area contributed by atoms with E-state index in [1.165, 1.54) is 0 Å². The first-order chi connectivity index (χ1) is 7.54. The molecule has 1 N–H and O–H groups in total. The molecule has 5 nitrogen and oxygen atoms in total. The highest BCUT2D eigenvalue weighted by molar-refractivity contribution is 5.87. The smallest absolute Gasteiger partial charge is 0.337 e. The second-order valence-electron chi connectivity index (χ2n) is 4.32. The molecule has 0 spiro atoms. The molecule has 16 heavy (non-hydrogen) atoms. The summed E-state index contributed by atoms with van der Waals surface area (Å²) in [4.78, 5) is 10.8. The van der Waals surface area contributed by atoms with Gasteiger partial charge in [0.25, 0.3) is 0 Å². The summed E-state index contributed by atoms with van der Waals surface area (Å²) < 4.78 is 12.7. The molecule has 2 heterocycles. The summed E-state index contributed by atoms with van der Waals surface area (Å²) in [6.07, 6.45) is 1.65. The quantitative estimate of drug-likeness (QED) is 0.837. The Hall–Kier alpha value is -1.33. The minimum atomic E-state index is -0.907. The zero-order chi connectivity index (χ0) is 11.8. The van der Waals surface area contributed by atoms with Crippen molar-refractivity contribution in [1.29, 1.82) is 0 Å². The third kappa shape index (κ3) is 1.96. The van der Waals surface area contributed by atoms with Crippen molar-refractivity contribution in [3.05, 3.63) is 23.5 Å². The van der Waals surface area contributed by atoms with E-state index in [2.05, 4.69) is 0 Å². The van der Waals surface area contributed by atoms with E-state index in [1.807, 2.05) is 11.5 Å². The summed E-state index contributed by atoms with van der Waals surface area (Å²) in [5, 5.41) is 8.89. The Labute approximate surface area is 93.6 Å². The lowest BCUT2D eigenvalue weighted by Crippen LogP contribution is -2.42. The van der Waals surface area contributed by atoms with Crippen molar-refractivity contribution in [2.75, 3.05) is 13.7 Å². The number of hydrogen-bond acceptors (Lipinski definition) is 3. The minimum absolute atomic E-state index is 0.306. The molecule has 2 rings (SSSR count). The molecule has 5 heteroatoms. The lowest BCUT2D eigenvalue weighted by molar-refractivity contribution is -0.112. The molecule has 1 unspecified atom stereocenters. The number of aromatic carboxylic acids is 1. The average Bonchev–Trinajstić information content (AvgIpc) is 2.60. The topological polar surface area (TPSA) is 60.7 Å². The maximum Gasteiger partial charge on any atom is 0.337 e. The largest absolute Gasteiger partial charge is 0.478 e. The van der Waals surface area contributed by atoms with Gasteiger partial charge in [0.15, 0.2) is 0 Å². The van der Waals surface area contributed by atoms with Crippen molar-refractivity contribution in [2.24, 2.45) is 0 Å². The normalized spacial score (nSPS) is 24.1. The summed E-state index contributed by atoms with van der Waals surface area (Å²) >= 11 is 0. The maximum atomic E-state index is 10.8. The molecule has 0 saturated carbocycles. The van der Waals surface area contributed by atoms with Gasteiger partial charge in [-0.25, -0.2) is 4.79 Å². The number of carbonyl (C=O) groups is 1. The molecule has 0 amide bonds. The molecule has 0 bridgehead atoms. The lowest BCUT2D eigenvalue weighted by Gasteiger charge is -2.34. The van der Waals surface area contributed by atoms with E-state index in [-0.39, 0.29) is 5.60 Å². The van der Waals surface area contributed by atoms with Gasteiger partial charge in [0.05, 0.1) is 25.3 Å². The van der Waals surface area contributed by atoms with Gasteiger partial charge in [0.1, 0.15) is 5.60 Å². The number of hydrogen-bond donors (Lipinski definition) is 1. The van der Waals surface area contributed by atoms with E-state index in [9.17, 15) is 4.79 Å². The summed E-state index contributed by atoms with van der Waals surface area (Å²) in [5.74, 6) is -0.907. The Bertz CT molecular complexity index is 412. The number of carboxylic acids is 1. The van der Waals surface area contributed by atoms with Crippen molar-refractivity contribution in [2.45, 2.75) is 25.7 Å². The molecule has 1 aliphatic rings. The van der Waals surface area contributed by atoms with Crippen molar-refractivity contribution in [1.82, 2.24) is 4.57 Å². The van der Waals surface area contributed by atoms with Crippen LogP contribution in [0.15, 0.2) is 12.3 Å². The Kier molecular flexibility index (Phi) is 2.73. The van der Waals surface area contributed by atoms with Crippen LogP contribution in [-0.2, 0) is 22.6 Å². The van der Waals surface area contributed by atoms with Gasteiger partial charge in [0.2, 0.25) is 0 Å². The molecule has 88 valence electrons. The number of ether oxygens (including phenoxy) is 2. The molecule has 0 aliphatic carbocycles.